The van der Waals surface area contributed by atoms with Gasteiger partial charge in [-0.05, 0) is 22.2 Å². The molecule has 3 aromatic rings. The van der Waals surface area contributed by atoms with Crippen molar-refractivity contribution in [2.24, 2.45) is 5.11 Å². The van der Waals surface area contributed by atoms with Gasteiger partial charge in [0, 0.05) is 25.7 Å². The lowest BCUT2D eigenvalue weighted by atomic mass is 9.96. The second-order valence-electron chi connectivity index (χ2n) is 12.7. The van der Waals surface area contributed by atoms with E-state index in [4.69, 9.17) is 59.3 Å². The van der Waals surface area contributed by atoms with Crippen LogP contribution in [0.5, 0.6) is 0 Å². The van der Waals surface area contributed by atoms with Gasteiger partial charge < -0.3 is 42.1 Å². The van der Waals surface area contributed by atoms with Gasteiger partial charge in [-0.1, -0.05) is 108 Å². The Labute approximate surface area is 329 Å². The summed E-state index contributed by atoms with van der Waals surface area (Å²) < 4.78 is 60.9. The van der Waals surface area contributed by atoms with Gasteiger partial charge in [0.15, 0.2) is 24.4 Å². The molecule has 10 unspecified atom stereocenters. The Balaban J connectivity index is 1.54. The van der Waals surface area contributed by atoms with Crippen LogP contribution in [0.3, 0.4) is 0 Å². The van der Waals surface area contributed by atoms with Crippen molar-refractivity contribution in [3.05, 3.63) is 118 Å². The number of esters is 2. The first-order valence-electron chi connectivity index (χ1n) is 17.7. The number of hydrogen-bond donors (Lipinski definition) is 1. The van der Waals surface area contributed by atoms with Crippen LogP contribution in [0.4, 0.5) is 0 Å². The van der Waals surface area contributed by atoms with E-state index in [0.717, 1.165) is 23.6 Å². The van der Waals surface area contributed by atoms with E-state index in [-0.39, 0.29) is 32.3 Å². The number of benzene rings is 3. The molecule has 0 amide bonds. The smallest absolute Gasteiger partial charge is 0.305 e. The molecule has 10 atom stereocenters. The molecule has 2 radical (unpaired) electrons. The summed E-state index contributed by atoms with van der Waals surface area (Å²) in [7, 11) is 5.84. The molecule has 16 nitrogen and oxygen atoms in total. The van der Waals surface area contributed by atoms with Gasteiger partial charge in [-0.25, -0.2) is 0 Å². The zero-order valence-electron chi connectivity index (χ0n) is 31.0. The molecule has 0 spiro atoms. The van der Waals surface area contributed by atoms with Crippen LogP contribution in [0.2, 0.25) is 0 Å². The highest BCUT2D eigenvalue weighted by Gasteiger charge is 2.56. The number of nitrogens with one attached hydrogen (secondary N) is 1. The van der Waals surface area contributed by atoms with E-state index in [9.17, 15) is 15.1 Å². The third kappa shape index (κ3) is 12.3. The summed E-state index contributed by atoms with van der Waals surface area (Å²) >= 11 is 0.579. The van der Waals surface area contributed by atoms with Crippen LogP contribution < -0.4 is 0 Å². The first-order valence-corrected chi connectivity index (χ1v) is 18.5. The van der Waals surface area contributed by atoms with Crippen molar-refractivity contribution < 1.29 is 56.4 Å². The van der Waals surface area contributed by atoms with Crippen molar-refractivity contribution in [3.8, 4) is 0 Å². The van der Waals surface area contributed by atoms with Crippen molar-refractivity contribution in [2.75, 3.05) is 6.61 Å². The summed E-state index contributed by atoms with van der Waals surface area (Å²) in [5, 5.41) is 12.1. The van der Waals surface area contributed by atoms with Gasteiger partial charge in [-0.15, -0.1) is 0 Å². The molecule has 2 heterocycles. The lowest BCUT2D eigenvalue weighted by Gasteiger charge is -2.48. The normalized spacial score (nSPS) is 27.3. The Morgan fingerprint density at radius 3 is 1.77 bits per heavy atom. The first-order chi connectivity index (χ1) is 27.2. The SMILES string of the molecule is [B]SOC1C(COCc2ccccc2)OC(OC2C(OC(C)=O)OC(OC(C)=N)C(OC(C)=O)C2OCc2ccccc2)C(N=[N+]=[N-])C1OCc1ccccc1. The molecule has 1 N–H and O–H groups in total. The summed E-state index contributed by atoms with van der Waals surface area (Å²) in [6.45, 7) is 3.91. The van der Waals surface area contributed by atoms with Crippen LogP contribution in [0.1, 0.15) is 37.5 Å². The molecule has 0 aromatic heterocycles. The van der Waals surface area contributed by atoms with Gasteiger partial charge in [-0.2, -0.15) is 0 Å². The largest absolute Gasteiger partial charge is 0.453 e. The van der Waals surface area contributed by atoms with E-state index >= 15 is 0 Å². The second-order valence-corrected chi connectivity index (χ2v) is 13.1. The molecule has 2 saturated heterocycles. The van der Waals surface area contributed by atoms with Crippen molar-refractivity contribution >= 4 is 36.9 Å². The van der Waals surface area contributed by atoms with Crippen LogP contribution in [0.25, 0.3) is 10.4 Å². The number of ether oxygens (including phenoxy) is 9. The van der Waals surface area contributed by atoms with Gasteiger partial charge in [0.2, 0.25) is 19.7 Å². The minimum Gasteiger partial charge on any atom is -0.453 e. The summed E-state index contributed by atoms with van der Waals surface area (Å²) in [4.78, 5) is 28.1. The number of hydrogen-bond acceptors (Lipinski definition) is 15. The Morgan fingerprint density at radius 2 is 1.25 bits per heavy atom. The van der Waals surface area contributed by atoms with E-state index in [0.29, 0.717) is 11.9 Å². The summed E-state index contributed by atoms with van der Waals surface area (Å²) in [5.74, 6) is -1.77. The number of nitrogens with zero attached hydrogens (tertiary/aromatic N) is 3. The van der Waals surface area contributed by atoms with Gasteiger partial charge in [0.05, 0.1) is 26.4 Å². The maximum absolute atomic E-state index is 12.5. The molecule has 0 aliphatic carbocycles. The molecule has 296 valence electrons. The van der Waals surface area contributed by atoms with Crippen molar-refractivity contribution in [2.45, 2.75) is 102 Å². The number of rotatable bonds is 18. The third-order valence-corrected chi connectivity index (χ3v) is 8.88. The highest BCUT2D eigenvalue weighted by molar-refractivity contribution is 8.15. The summed E-state index contributed by atoms with van der Waals surface area (Å²) in [6, 6.07) is 26.7. The second kappa shape index (κ2) is 21.7. The van der Waals surface area contributed by atoms with Crippen molar-refractivity contribution in [3.63, 3.8) is 0 Å². The monoisotopic (exact) mass is 790 g/mol. The molecule has 2 aliphatic heterocycles. The zero-order valence-corrected chi connectivity index (χ0v) is 31.8. The fourth-order valence-corrected chi connectivity index (χ4v) is 6.57. The lowest BCUT2D eigenvalue weighted by molar-refractivity contribution is -0.372. The predicted molar refractivity (Wildman–Crippen MR) is 201 cm³/mol. The average molecular weight is 791 g/mol. The molecule has 18 heteroatoms. The molecule has 5 rings (SSSR count). The zero-order chi connectivity index (χ0) is 39.9. The Morgan fingerprint density at radius 1 is 0.714 bits per heavy atom. The Kier molecular flexibility index (Phi) is 16.5. The molecule has 0 saturated carbocycles. The fraction of sp³-hybridized carbons (Fsp3) is 0.447. The van der Waals surface area contributed by atoms with E-state index in [2.05, 4.69) is 10.0 Å². The van der Waals surface area contributed by atoms with Crippen LogP contribution in [0.15, 0.2) is 96.1 Å². The maximum Gasteiger partial charge on any atom is 0.305 e. The van der Waals surface area contributed by atoms with E-state index in [1.165, 1.54) is 13.8 Å². The number of carbonyl (C=O) groups excluding carboxylic acids is 2. The van der Waals surface area contributed by atoms with E-state index in [1.807, 2.05) is 91.0 Å². The quantitative estimate of drug-likeness (QED) is 0.0249. The number of azide groups is 1. The van der Waals surface area contributed by atoms with Gasteiger partial charge in [0.1, 0.15) is 30.5 Å². The average Bonchev–Trinajstić information content (AvgIpc) is 3.18. The number of carbonyl (C=O) groups is 2. The Hall–Kier alpha value is -4.49. The van der Waals surface area contributed by atoms with E-state index < -0.39 is 73.5 Å². The molecular formula is C38H43BN4O12S. The predicted octanol–water partition coefficient (Wildman–Crippen LogP) is 5.47. The molecule has 2 fully saturated rings. The van der Waals surface area contributed by atoms with Crippen LogP contribution in [-0.4, -0.2) is 93.1 Å². The molecule has 3 aromatic carbocycles. The fourth-order valence-electron chi connectivity index (χ4n) is 6.20. The summed E-state index contributed by atoms with van der Waals surface area (Å²) in [5.41, 5.74) is 12.3. The standard InChI is InChI=1S/C38H43BN4O12S/c1-23(40)49-37-34(50-24(2)44)33(48-21-28-17-11-6-12-18-28)35(38(54-37)51-25(3)45)53-36-30(42-43-41)32(47-20-27-15-9-5-10-16-27)31(55-56-39)29(52-36)22-46-19-26-13-7-4-8-14-26/h4-18,29-38,40H,19-22H2,1-3H3. The van der Waals surface area contributed by atoms with Gasteiger partial charge in [-0.3, -0.25) is 19.7 Å². The summed E-state index contributed by atoms with van der Waals surface area (Å²) in [6.07, 6.45) is -11.5. The first kappa shape index (κ1) is 42.7. The molecule has 2 aliphatic rings. The maximum atomic E-state index is 12.5. The van der Waals surface area contributed by atoms with E-state index in [1.54, 1.807) is 0 Å². The van der Waals surface area contributed by atoms with Crippen molar-refractivity contribution in [1.29, 1.82) is 5.41 Å². The molecular weight excluding hydrogens is 747 g/mol. The lowest BCUT2D eigenvalue weighted by Crippen LogP contribution is -2.66. The topological polar surface area (TPSA) is 199 Å². The highest BCUT2D eigenvalue weighted by Crippen LogP contribution is 2.37. The third-order valence-electron chi connectivity index (χ3n) is 8.55. The van der Waals surface area contributed by atoms with Crippen molar-refractivity contribution in [1.82, 2.24) is 0 Å². The Bertz CT molecular complexity index is 1750. The molecule has 56 heavy (non-hydrogen) atoms. The van der Waals surface area contributed by atoms with Crippen LogP contribution in [-0.2, 0) is 76.2 Å². The molecule has 0 bridgehead atoms. The van der Waals surface area contributed by atoms with Crippen LogP contribution >= 0.6 is 11.9 Å². The minimum atomic E-state index is -1.58. The highest BCUT2D eigenvalue weighted by atomic mass is 32.2. The van der Waals surface area contributed by atoms with Crippen LogP contribution in [0, 0.1) is 5.41 Å². The minimum absolute atomic E-state index is 0.0279. The van der Waals surface area contributed by atoms with Gasteiger partial charge in [0.25, 0.3) is 0 Å². The van der Waals surface area contributed by atoms with Gasteiger partial charge >= 0.3 is 11.9 Å².